The Morgan fingerprint density at radius 2 is 0.487 bits per heavy atom. The van der Waals surface area contributed by atoms with Gasteiger partial charge in [-0.2, -0.15) is 0 Å². The van der Waals surface area contributed by atoms with Crippen LogP contribution in [0, 0.1) is 87.3 Å². The largest absolute Gasteiger partial charge is 0.313 e. The van der Waals surface area contributed by atoms with Crippen LogP contribution in [-0.2, 0) is 0 Å². The molecule has 0 unspecified atom stereocenters. The highest BCUT2D eigenvalue weighted by Crippen LogP contribution is 2.31. The van der Waals surface area contributed by atoms with Gasteiger partial charge in [-0.25, -0.2) is 65.9 Å². The Hall–Kier alpha value is -3.21. The summed E-state index contributed by atoms with van der Waals surface area (Å²) in [6, 6.07) is 0. The van der Waals surface area contributed by atoms with Crippen LogP contribution < -0.4 is 15.6 Å². The van der Waals surface area contributed by atoms with Crippen molar-refractivity contribution in [2.24, 2.45) is 0 Å². The zero-order valence-electron chi connectivity index (χ0n) is 18.4. The van der Waals surface area contributed by atoms with Crippen LogP contribution in [0.2, 0.25) is 0 Å². The second kappa shape index (κ2) is 9.76. The van der Waals surface area contributed by atoms with Gasteiger partial charge in [-0.15, -0.1) is 0 Å². The van der Waals surface area contributed by atoms with Crippen molar-refractivity contribution in [3.63, 3.8) is 0 Å². The lowest BCUT2D eigenvalue weighted by Gasteiger charge is -2.41. The van der Waals surface area contributed by atoms with E-state index in [9.17, 15) is 39.5 Å². The summed E-state index contributed by atoms with van der Waals surface area (Å²) in [4.78, 5) is 0. The van der Waals surface area contributed by atoms with E-state index in [1.54, 1.807) is 0 Å². The zero-order valence-corrected chi connectivity index (χ0v) is 19.4. The quantitative estimate of drug-likeness (QED) is 0.137. The fraction of sp³-hybridized carbons (Fsp3) is 0.182. The Balaban J connectivity index is 2.47. The number of hydrogen-bond acceptors (Lipinski definition) is 1. The molecule has 0 radical (unpaired) electrons. The molecule has 3 aromatic carbocycles. The molecule has 1 saturated heterocycles. The van der Waals surface area contributed by atoms with Crippen LogP contribution in [0.4, 0.5) is 65.9 Å². The molecule has 1 heterocycles. The van der Waals surface area contributed by atoms with E-state index < -0.39 is 124 Å². The van der Waals surface area contributed by atoms with Crippen molar-refractivity contribution in [1.29, 1.82) is 0 Å². The fourth-order valence-corrected chi connectivity index (χ4v) is 9.92. The molecule has 0 atom stereocenters. The predicted molar refractivity (Wildman–Crippen MR) is 104 cm³/mol. The predicted octanol–water partition coefficient (Wildman–Crippen LogP) is 4.84. The number of halogens is 15. The summed E-state index contributed by atoms with van der Waals surface area (Å²) in [6.45, 7) is -1.66. The third kappa shape index (κ3) is 3.76. The van der Waals surface area contributed by atoms with E-state index in [0.29, 0.717) is 0 Å². The zero-order chi connectivity index (χ0) is 29.3. The minimum absolute atomic E-state index is 0.224. The molecule has 0 aliphatic carbocycles. The van der Waals surface area contributed by atoms with Crippen LogP contribution >= 0.6 is 0 Å². The van der Waals surface area contributed by atoms with Gasteiger partial charge >= 0.3 is 0 Å². The number of nitrogens with zero attached hydrogens (tertiary/aromatic N) is 1. The first-order valence-corrected chi connectivity index (χ1v) is 12.4. The second-order valence-electron chi connectivity index (χ2n) is 8.24. The van der Waals surface area contributed by atoms with Crippen molar-refractivity contribution >= 4 is 23.8 Å². The van der Waals surface area contributed by atoms with Gasteiger partial charge in [0.05, 0.1) is 0 Å². The van der Waals surface area contributed by atoms with Gasteiger partial charge in [-0.05, 0) is 25.9 Å². The van der Waals surface area contributed by atoms with E-state index in [4.69, 9.17) is 0 Å². The molecule has 39 heavy (non-hydrogen) atoms. The molecule has 0 bridgehead atoms. The van der Waals surface area contributed by atoms with E-state index in [1.165, 1.54) is 0 Å². The average Bonchev–Trinajstić information content (AvgIpc) is 3.46. The first kappa shape index (κ1) is 28.8. The van der Waals surface area contributed by atoms with E-state index in [-0.39, 0.29) is 17.4 Å². The Morgan fingerprint density at radius 1 is 0.308 bits per heavy atom. The van der Waals surface area contributed by atoms with Crippen LogP contribution in [0.25, 0.3) is 0 Å². The standard InChI is InChI=1S/C22H8F15NSi/c23-5-8(26)14(32)20(15(33)9(5)27)39(38-3-1-2-4-38,21-16(34)10(28)6(24)11(29)17(21)35)22-18(36)12(30)7(25)13(31)19(22)37/h1-4H2. The molecule has 0 N–H and O–H groups in total. The van der Waals surface area contributed by atoms with Crippen LogP contribution in [0.3, 0.4) is 0 Å². The van der Waals surface area contributed by atoms with Gasteiger partial charge in [-0.1, -0.05) is 0 Å². The van der Waals surface area contributed by atoms with Crippen molar-refractivity contribution in [2.45, 2.75) is 12.8 Å². The van der Waals surface area contributed by atoms with Crippen LogP contribution in [0.15, 0.2) is 0 Å². The SMILES string of the molecule is Fc1c(F)c(F)c([Si](c2c(F)c(F)c(F)c(F)c2F)(c2c(F)c(F)c(F)c(F)c2F)N2CCCC2)c(F)c1F. The first-order chi connectivity index (χ1) is 18.1. The van der Waals surface area contributed by atoms with Crippen LogP contribution in [0.1, 0.15) is 12.8 Å². The van der Waals surface area contributed by atoms with Gasteiger partial charge in [0.2, 0.25) is 25.7 Å². The lowest BCUT2D eigenvalue weighted by molar-refractivity contribution is 0.375. The monoisotopic (exact) mass is 599 g/mol. The molecule has 17 heteroatoms. The van der Waals surface area contributed by atoms with Crippen LogP contribution in [-0.4, -0.2) is 25.9 Å². The first-order valence-electron chi connectivity index (χ1n) is 10.4. The Bertz CT molecular complexity index is 1280. The molecule has 210 valence electrons. The fourth-order valence-electron chi connectivity index (χ4n) is 4.67. The molecule has 1 aliphatic rings. The second-order valence-corrected chi connectivity index (χ2v) is 11.8. The van der Waals surface area contributed by atoms with Crippen molar-refractivity contribution < 1.29 is 65.9 Å². The Labute approximate surface area is 208 Å². The highest BCUT2D eigenvalue weighted by atomic mass is 28.3. The maximum absolute atomic E-state index is 15.3. The lowest BCUT2D eigenvalue weighted by atomic mass is 10.3. The molecule has 1 fully saturated rings. The topological polar surface area (TPSA) is 3.24 Å². The van der Waals surface area contributed by atoms with E-state index >= 15 is 26.3 Å². The Kier molecular flexibility index (Phi) is 7.20. The summed E-state index contributed by atoms with van der Waals surface area (Å²) in [5.41, 5.74) is 0. The van der Waals surface area contributed by atoms with Gasteiger partial charge in [0.1, 0.15) is 0 Å². The molecule has 0 saturated carbocycles. The normalized spacial score (nSPS) is 14.5. The summed E-state index contributed by atoms with van der Waals surface area (Å²) in [5, 5.41) is -7.56. The van der Waals surface area contributed by atoms with E-state index in [1.807, 2.05) is 0 Å². The summed E-state index contributed by atoms with van der Waals surface area (Å²) < 4.78 is 220. The number of rotatable bonds is 4. The molecule has 1 aliphatic heterocycles. The highest BCUT2D eigenvalue weighted by Gasteiger charge is 2.59. The van der Waals surface area contributed by atoms with Crippen molar-refractivity contribution in [3.8, 4) is 0 Å². The maximum atomic E-state index is 15.3. The summed E-state index contributed by atoms with van der Waals surface area (Å²) >= 11 is 0. The third-order valence-corrected chi connectivity index (χ3v) is 11.2. The molecule has 0 spiro atoms. The molecule has 4 rings (SSSR count). The average molecular weight is 599 g/mol. The van der Waals surface area contributed by atoms with Gasteiger partial charge in [0, 0.05) is 15.6 Å². The van der Waals surface area contributed by atoms with E-state index in [2.05, 4.69) is 0 Å². The summed E-state index contributed by atoms with van der Waals surface area (Å²) in [6.07, 6.45) is -0.454. The third-order valence-electron chi connectivity index (χ3n) is 6.30. The minimum atomic E-state index is -6.87. The Morgan fingerprint density at radius 3 is 0.692 bits per heavy atom. The maximum Gasteiger partial charge on any atom is 0.244 e. The lowest BCUT2D eigenvalue weighted by Crippen LogP contribution is -2.81. The van der Waals surface area contributed by atoms with Gasteiger partial charge in [0.25, 0.3) is 0 Å². The van der Waals surface area contributed by atoms with Crippen molar-refractivity contribution in [1.82, 2.24) is 4.57 Å². The van der Waals surface area contributed by atoms with Gasteiger partial charge in [-0.3, -0.25) is 0 Å². The van der Waals surface area contributed by atoms with Crippen LogP contribution in [0.5, 0.6) is 0 Å². The molecular formula is C22H8F15NSi. The summed E-state index contributed by atoms with van der Waals surface area (Å²) in [7, 11) is -6.87. The van der Waals surface area contributed by atoms with Crippen molar-refractivity contribution in [3.05, 3.63) is 87.3 Å². The smallest absolute Gasteiger partial charge is 0.244 e. The minimum Gasteiger partial charge on any atom is -0.313 e. The molecular weight excluding hydrogens is 591 g/mol. The van der Waals surface area contributed by atoms with E-state index in [0.717, 1.165) is 0 Å². The molecule has 0 amide bonds. The van der Waals surface area contributed by atoms with Crippen molar-refractivity contribution in [2.75, 3.05) is 13.1 Å². The molecule has 1 nitrogen and oxygen atoms in total. The highest BCUT2D eigenvalue weighted by molar-refractivity contribution is 7.09. The number of benzene rings is 3. The number of hydrogen-bond donors (Lipinski definition) is 0. The summed E-state index contributed by atoms with van der Waals surface area (Å²) in [5.74, 6) is -44.4. The molecule has 0 aromatic heterocycles. The van der Waals surface area contributed by atoms with Gasteiger partial charge < -0.3 is 4.57 Å². The molecule has 3 aromatic rings. The van der Waals surface area contributed by atoms with Gasteiger partial charge in [0.15, 0.2) is 69.8 Å².